The van der Waals surface area contributed by atoms with Gasteiger partial charge < -0.3 is 29.7 Å². The van der Waals surface area contributed by atoms with Crippen molar-refractivity contribution in [2.45, 2.75) is 160 Å². The first-order valence-corrected chi connectivity index (χ1v) is 26.7. The molecule has 0 bridgehead atoms. The zero-order chi connectivity index (χ0) is 50.1. The number of hydrogen-bond donors (Lipinski definition) is 2. The molecule has 3 aliphatic rings. The zero-order valence-corrected chi connectivity index (χ0v) is 43.5. The summed E-state index contributed by atoms with van der Waals surface area (Å²) in [7, 11) is 3.09. The number of benzene rings is 2. The molecule has 0 spiro atoms. The summed E-state index contributed by atoms with van der Waals surface area (Å²) >= 11 is 1.73. The summed E-state index contributed by atoms with van der Waals surface area (Å²) in [6, 6.07) is 12.6. The SMILES string of the molecule is COc1ccc(OC)c(N2CC(C(=O)Nc3ccc(-c4cn(CC(C)(C)COCC(C)CC(=O)NCCN5C(=O)CC(SC6(C)CCCCCCCCCCCCCCC6)C5=O)nn4)cc3)CC2=O)c1. The molecule has 5 amide bonds. The first-order valence-electron chi connectivity index (χ1n) is 25.9. The van der Waals surface area contributed by atoms with Gasteiger partial charge in [-0.15, -0.1) is 16.9 Å². The van der Waals surface area contributed by atoms with Crippen molar-refractivity contribution >= 4 is 52.7 Å². The summed E-state index contributed by atoms with van der Waals surface area (Å²) in [5.74, 6) is -0.248. The van der Waals surface area contributed by atoms with Crippen LogP contribution in [0.5, 0.6) is 11.5 Å². The molecule has 70 heavy (non-hydrogen) atoms. The number of thioether (sulfide) groups is 1. The number of methoxy groups -OCH3 is 2. The fourth-order valence-electron chi connectivity index (χ4n) is 9.88. The van der Waals surface area contributed by atoms with E-state index in [2.05, 4.69) is 41.7 Å². The third-order valence-corrected chi connectivity index (χ3v) is 15.5. The highest BCUT2D eigenvalue weighted by Crippen LogP contribution is 2.42. The van der Waals surface area contributed by atoms with E-state index in [9.17, 15) is 24.0 Å². The number of likely N-dealkylation sites (tertiary alicyclic amines) is 1. The molecule has 384 valence electrons. The summed E-state index contributed by atoms with van der Waals surface area (Å²) in [5.41, 5.74) is 2.40. The van der Waals surface area contributed by atoms with E-state index < -0.39 is 5.92 Å². The van der Waals surface area contributed by atoms with E-state index in [0.29, 0.717) is 48.3 Å². The van der Waals surface area contributed by atoms with Crippen LogP contribution in [0.2, 0.25) is 0 Å². The van der Waals surface area contributed by atoms with Crippen LogP contribution in [0.1, 0.15) is 143 Å². The minimum Gasteiger partial charge on any atom is -0.497 e. The van der Waals surface area contributed by atoms with Gasteiger partial charge in [0.15, 0.2) is 0 Å². The normalized spacial score (nSPS) is 20.3. The number of carbonyl (C=O) groups excluding carboxylic acids is 5. The van der Waals surface area contributed by atoms with Gasteiger partial charge in [0.1, 0.15) is 17.2 Å². The first-order chi connectivity index (χ1) is 33.7. The minimum absolute atomic E-state index is 0.0180. The lowest BCUT2D eigenvalue weighted by molar-refractivity contribution is -0.138. The number of nitrogens with zero attached hydrogens (tertiary/aromatic N) is 5. The number of amides is 5. The Kier molecular flexibility index (Phi) is 20.6. The highest BCUT2D eigenvalue weighted by molar-refractivity contribution is 8.02. The number of nitrogens with one attached hydrogen (secondary N) is 2. The molecule has 3 heterocycles. The molecule has 3 atom stereocenters. The number of ether oxygens (including phenoxy) is 3. The van der Waals surface area contributed by atoms with E-state index in [1.54, 1.807) is 58.8 Å². The Balaban J connectivity index is 0.876. The van der Waals surface area contributed by atoms with Gasteiger partial charge in [-0.05, 0) is 43.0 Å². The molecule has 1 saturated carbocycles. The van der Waals surface area contributed by atoms with Crippen LogP contribution in [0.4, 0.5) is 11.4 Å². The molecule has 0 radical (unpaired) electrons. The molecule has 16 heteroatoms. The summed E-state index contributed by atoms with van der Waals surface area (Å²) in [4.78, 5) is 68.7. The van der Waals surface area contributed by atoms with Crippen molar-refractivity contribution in [3.05, 3.63) is 48.7 Å². The lowest BCUT2D eigenvalue weighted by Gasteiger charge is -2.31. The van der Waals surface area contributed by atoms with Crippen LogP contribution in [0.25, 0.3) is 11.3 Å². The predicted molar refractivity (Wildman–Crippen MR) is 276 cm³/mol. The van der Waals surface area contributed by atoms with E-state index in [1.807, 2.05) is 25.3 Å². The summed E-state index contributed by atoms with van der Waals surface area (Å²) < 4.78 is 18.7. The van der Waals surface area contributed by atoms with Gasteiger partial charge in [0, 0.05) is 79.5 Å². The third kappa shape index (κ3) is 16.3. The van der Waals surface area contributed by atoms with Crippen molar-refractivity contribution in [2.24, 2.45) is 17.3 Å². The third-order valence-electron chi connectivity index (χ3n) is 13.9. The fraction of sp³-hybridized carbons (Fsp3) is 0.648. The second-order valence-corrected chi connectivity index (χ2v) is 22.7. The highest BCUT2D eigenvalue weighted by Gasteiger charge is 2.42. The van der Waals surface area contributed by atoms with Gasteiger partial charge in [0.2, 0.25) is 29.5 Å². The number of rotatable bonds is 19. The molecule has 3 fully saturated rings. The van der Waals surface area contributed by atoms with Crippen LogP contribution < -0.4 is 25.0 Å². The summed E-state index contributed by atoms with van der Waals surface area (Å²) in [6.45, 7) is 10.5. The maximum Gasteiger partial charge on any atom is 0.242 e. The van der Waals surface area contributed by atoms with Crippen LogP contribution in [0.3, 0.4) is 0 Å². The second-order valence-electron chi connectivity index (χ2n) is 20.9. The summed E-state index contributed by atoms with van der Waals surface area (Å²) in [6.07, 6.45) is 21.4. The average molecular weight is 986 g/mol. The van der Waals surface area contributed by atoms with Gasteiger partial charge in [-0.2, -0.15) is 0 Å². The largest absolute Gasteiger partial charge is 0.497 e. The summed E-state index contributed by atoms with van der Waals surface area (Å²) in [5, 5.41) is 14.3. The minimum atomic E-state index is -0.536. The van der Waals surface area contributed by atoms with Gasteiger partial charge >= 0.3 is 0 Å². The Hall–Kier alpha value is -4.96. The topological polar surface area (TPSA) is 174 Å². The predicted octanol–water partition coefficient (Wildman–Crippen LogP) is 9.62. The van der Waals surface area contributed by atoms with Gasteiger partial charge in [-0.1, -0.05) is 129 Å². The number of imide groups is 1. The lowest BCUT2D eigenvalue weighted by atomic mass is 9.94. The Bertz CT molecular complexity index is 2180. The molecule has 2 N–H and O–H groups in total. The monoisotopic (exact) mass is 986 g/mol. The molecule has 1 aliphatic carbocycles. The fourth-order valence-corrected chi connectivity index (χ4v) is 11.5. The molecule has 15 nitrogen and oxygen atoms in total. The number of carbonyl (C=O) groups is 5. The number of hydrogen-bond acceptors (Lipinski definition) is 11. The maximum atomic E-state index is 13.6. The highest BCUT2D eigenvalue weighted by atomic mass is 32.2. The molecular weight excluding hydrogens is 907 g/mol. The standard InChI is InChI=1S/C54H79N7O8S/c1-39(30-48(62)55-28-29-60-50(64)33-47(52(60)66)70-54(4)26-18-16-14-12-10-8-7-9-11-13-15-17-19-27-54)36-69-38-53(2,3)37-59-35-44(57-58-59)40-20-22-42(23-21-40)56-51(65)41-31-49(63)61(34-41)45-32-43(67-5)24-25-46(45)68-6/h20-25,32,35,39,41,47H,7-19,26-31,33-34,36-38H2,1-6H3,(H,55,62)(H,56,65). The molecule has 2 aliphatic heterocycles. The van der Waals surface area contributed by atoms with Gasteiger partial charge in [0.05, 0.1) is 43.9 Å². The van der Waals surface area contributed by atoms with Crippen LogP contribution in [0, 0.1) is 17.3 Å². The molecule has 1 aromatic heterocycles. The van der Waals surface area contributed by atoms with Crippen LogP contribution in [-0.4, -0.2) is 106 Å². The van der Waals surface area contributed by atoms with Crippen LogP contribution in [0.15, 0.2) is 48.7 Å². The molecule has 2 aromatic carbocycles. The number of anilines is 2. The Morgan fingerprint density at radius 2 is 1.50 bits per heavy atom. The van der Waals surface area contributed by atoms with Crippen LogP contribution in [-0.2, 0) is 35.3 Å². The molecule has 3 unspecified atom stereocenters. The Morgan fingerprint density at radius 1 is 0.857 bits per heavy atom. The second kappa shape index (κ2) is 26.5. The van der Waals surface area contributed by atoms with E-state index in [0.717, 1.165) is 18.4 Å². The van der Waals surface area contributed by atoms with Crippen LogP contribution >= 0.6 is 11.8 Å². The van der Waals surface area contributed by atoms with Gasteiger partial charge in [-0.25, -0.2) is 0 Å². The van der Waals surface area contributed by atoms with E-state index >= 15 is 0 Å². The Labute approximate surface area is 420 Å². The van der Waals surface area contributed by atoms with Gasteiger partial charge in [0.25, 0.3) is 0 Å². The molecule has 2 saturated heterocycles. The van der Waals surface area contributed by atoms with E-state index in [1.165, 1.54) is 95.5 Å². The smallest absolute Gasteiger partial charge is 0.242 e. The van der Waals surface area contributed by atoms with Gasteiger partial charge in [-0.3, -0.25) is 33.6 Å². The zero-order valence-electron chi connectivity index (χ0n) is 42.7. The van der Waals surface area contributed by atoms with Crippen molar-refractivity contribution in [3.8, 4) is 22.8 Å². The quantitative estimate of drug-likeness (QED) is 0.110. The van der Waals surface area contributed by atoms with Crippen molar-refractivity contribution < 1.29 is 38.2 Å². The lowest BCUT2D eigenvalue weighted by Crippen LogP contribution is -2.39. The van der Waals surface area contributed by atoms with E-state index in [-0.39, 0.29) is 89.8 Å². The number of aromatic nitrogens is 3. The maximum absolute atomic E-state index is 13.6. The molecule has 3 aromatic rings. The first kappa shape index (κ1) is 54.4. The Morgan fingerprint density at radius 3 is 2.13 bits per heavy atom. The van der Waals surface area contributed by atoms with Crippen molar-refractivity contribution in [2.75, 3.05) is 57.3 Å². The van der Waals surface area contributed by atoms with Crippen molar-refractivity contribution in [1.29, 1.82) is 0 Å². The van der Waals surface area contributed by atoms with E-state index in [4.69, 9.17) is 14.2 Å². The van der Waals surface area contributed by atoms with Crippen molar-refractivity contribution in [3.63, 3.8) is 0 Å². The average Bonchev–Trinajstić information content (AvgIpc) is 4.03. The molecule has 6 rings (SSSR count). The molecular formula is C54H79N7O8S. The van der Waals surface area contributed by atoms with Crippen molar-refractivity contribution in [1.82, 2.24) is 25.2 Å².